The normalized spacial score (nSPS) is 13.6. The first kappa shape index (κ1) is 21.4. The topological polar surface area (TPSA) is 74.0 Å². The number of H-pyrrole nitrogens is 2. The molecule has 0 radical (unpaired) electrons. The number of hydrogen-bond donors (Lipinski definition) is 2. The Morgan fingerprint density at radius 3 is 2.60 bits per heavy atom. The van der Waals surface area contributed by atoms with Gasteiger partial charge in [-0.25, -0.2) is 4.98 Å². The molecule has 0 spiro atoms. The number of fused-ring (bicyclic) bond motifs is 2. The number of rotatable bonds is 6. The van der Waals surface area contributed by atoms with Crippen molar-refractivity contribution in [1.29, 1.82) is 0 Å². The van der Waals surface area contributed by atoms with E-state index in [4.69, 9.17) is 9.72 Å². The van der Waals surface area contributed by atoms with Gasteiger partial charge < -0.3 is 14.7 Å². The molecule has 174 valence electrons. The van der Waals surface area contributed by atoms with E-state index >= 15 is 0 Å². The van der Waals surface area contributed by atoms with Gasteiger partial charge in [0, 0.05) is 48.7 Å². The maximum absolute atomic E-state index is 12.9. The minimum absolute atomic E-state index is 0.0472. The lowest BCUT2D eigenvalue weighted by Gasteiger charge is -2.27. The van der Waals surface area contributed by atoms with Crippen LogP contribution in [0.3, 0.4) is 0 Å². The van der Waals surface area contributed by atoms with Gasteiger partial charge in [-0.1, -0.05) is 60.7 Å². The minimum Gasteiger partial charge on any atom is -0.489 e. The fourth-order valence-corrected chi connectivity index (χ4v) is 4.71. The molecule has 3 heterocycles. The molecule has 0 atom stereocenters. The number of hydrogen-bond acceptors (Lipinski definition) is 4. The molecule has 0 fully saturated rings. The Morgan fingerprint density at radius 1 is 0.971 bits per heavy atom. The van der Waals surface area contributed by atoms with Crippen LogP contribution in [0.5, 0.6) is 5.75 Å². The number of ether oxygens (including phenoxy) is 1. The van der Waals surface area contributed by atoms with Crippen molar-refractivity contribution in [2.45, 2.75) is 26.1 Å². The van der Waals surface area contributed by atoms with Crippen molar-refractivity contribution >= 4 is 10.9 Å². The standard InChI is InChI=1S/C29H26N4O2/c34-29-25-18-33(14-13-27(25)31-28(32-29)21-9-5-2-6-10-21)17-22-16-30-26-12-11-23(15-24(22)26)35-19-20-7-3-1-4-8-20/h1-12,15-16,30H,13-14,17-19H2,(H,31,32,34). The molecule has 2 aromatic heterocycles. The van der Waals surface area contributed by atoms with Crippen LogP contribution in [0.1, 0.15) is 22.4 Å². The molecular weight excluding hydrogens is 436 g/mol. The summed E-state index contributed by atoms with van der Waals surface area (Å²) in [4.78, 5) is 26.3. The van der Waals surface area contributed by atoms with E-state index in [0.29, 0.717) is 19.0 Å². The summed E-state index contributed by atoms with van der Waals surface area (Å²) in [6, 6.07) is 26.1. The fraction of sp³-hybridized carbons (Fsp3) is 0.172. The monoisotopic (exact) mass is 462 g/mol. The highest BCUT2D eigenvalue weighted by Crippen LogP contribution is 2.27. The number of aromatic nitrogens is 3. The van der Waals surface area contributed by atoms with E-state index < -0.39 is 0 Å². The molecule has 6 heteroatoms. The molecule has 2 N–H and O–H groups in total. The van der Waals surface area contributed by atoms with Crippen molar-refractivity contribution in [2.24, 2.45) is 0 Å². The van der Waals surface area contributed by atoms with E-state index in [9.17, 15) is 4.79 Å². The predicted octanol–water partition coefficient (Wildman–Crippen LogP) is 5.06. The second-order valence-electron chi connectivity index (χ2n) is 8.96. The lowest BCUT2D eigenvalue weighted by Crippen LogP contribution is -2.35. The van der Waals surface area contributed by atoms with E-state index in [2.05, 4.69) is 45.3 Å². The Balaban J connectivity index is 1.19. The number of nitrogens with zero attached hydrogens (tertiary/aromatic N) is 2. The van der Waals surface area contributed by atoms with E-state index in [1.165, 1.54) is 5.56 Å². The van der Waals surface area contributed by atoms with Crippen LogP contribution in [-0.4, -0.2) is 26.4 Å². The summed E-state index contributed by atoms with van der Waals surface area (Å²) in [6.45, 7) is 2.73. The zero-order valence-electron chi connectivity index (χ0n) is 19.3. The Bertz CT molecular complexity index is 1520. The number of benzene rings is 3. The van der Waals surface area contributed by atoms with Crippen LogP contribution in [0.25, 0.3) is 22.3 Å². The van der Waals surface area contributed by atoms with Crippen LogP contribution < -0.4 is 10.3 Å². The molecule has 0 unspecified atom stereocenters. The summed E-state index contributed by atoms with van der Waals surface area (Å²) in [5.41, 5.74) is 5.97. The van der Waals surface area contributed by atoms with Crippen LogP contribution in [0.4, 0.5) is 0 Å². The highest BCUT2D eigenvalue weighted by Gasteiger charge is 2.22. The van der Waals surface area contributed by atoms with Crippen molar-refractivity contribution in [3.05, 3.63) is 118 Å². The van der Waals surface area contributed by atoms with E-state index in [1.807, 2.05) is 54.6 Å². The van der Waals surface area contributed by atoms with E-state index in [1.54, 1.807) is 0 Å². The quantitative estimate of drug-likeness (QED) is 0.370. The number of aromatic amines is 2. The molecule has 0 bridgehead atoms. The molecular formula is C29H26N4O2. The molecule has 6 nitrogen and oxygen atoms in total. The Morgan fingerprint density at radius 2 is 1.77 bits per heavy atom. The molecule has 0 saturated heterocycles. The van der Waals surface area contributed by atoms with Crippen LogP contribution in [-0.2, 0) is 26.1 Å². The van der Waals surface area contributed by atoms with E-state index in [0.717, 1.165) is 58.5 Å². The highest BCUT2D eigenvalue weighted by molar-refractivity contribution is 5.84. The third-order valence-corrected chi connectivity index (χ3v) is 6.58. The fourth-order valence-electron chi connectivity index (χ4n) is 4.71. The van der Waals surface area contributed by atoms with E-state index in [-0.39, 0.29) is 5.56 Å². The summed E-state index contributed by atoms with van der Waals surface area (Å²) in [5, 5.41) is 1.15. The van der Waals surface area contributed by atoms with Crippen molar-refractivity contribution < 1.29 is 4.74 Å². The Labute approximate surface area is 203 Å². The van der Waals surface area contributed by atoms with Gasteiger partial charge in [0.2, 0.25) is 0 Å². The zero-order valence-corrected chi connectivity index (χ0v) is 19.3. The molecule has 3 aromatic carbocycles. The molecule has 0 amide bonds. The third kappa shape index (κ3) is 4.48. The maximum atomic E-state index is 12.9. The molecule has 0 aliphatic carbocycles. The molecule has 1 aliphatic rings. The van der Waals surface area contributed by atoms with Crippen molar-refractivity contribution in [3.63, 3.8) is 0 Å². The summed E-state index contributed by atoms with van der Waals surface area (Å²) >= 11 is 0. The molecule has 35 heavy (non-hydrogen) atoms. The summed E-state index contributed by atoms with van der Waals surface area (Å²) in [6.07, 6.45) is 2.81. The van der Waals surface area contributed by atoms with Gasteiger partial charge in [-0.3, -0.25) is 9.69 Å². The second kappa shape index (κ2) is 9.24. The first-order chi connectivity index (χ1) is 17.2. The van der Waals surface area contributed by atoms with Gasteiger partial charge in [-0.05, 0) is 29.3 Å². The van der Waals surface area contributed by atoms with Gasteiger partial charge in [0.05, 0.1) is 11.3 Å². The molecule has 0 saturated carbocycles. The summed E-state index contributed by atoms with van der Waals surface area (Å²) in [5.74, 6) is 1.49. The highest BCUT2D eigenvalue weighted by atomic mass is 16.5. The summed E-state index contributed by atoms with van der Waals surface area (Å²) < 4.78 is 6.04. The van der Waals surface area contributed by atoms with Crippen LogP contribution in [0.2, 0.25) is 0 Å². The van der Waals surface area contributed by atoms with Crippen LogP contribution in [0, 0.1) is 0 Å². The van der Waals surface area contributed by atoms with Gasteiger partial charge in [-0.15, -0.1) is 0 Å². The SMILES string of the molecule is O=c1[nH]c(-c2ccccc2)nc2c1CN(Cc1c[nH]c3ccc(OCc4ccccc4)cc13)CC2. The average molecular weight is 463 g/mol. The van der Waals surface area contributed by atoms with Gasteiger partial charge in [-0.2, -0.15) is 0 Å². The maximum Gasteiger partial charge on any atom is 0.255 e. The minimum atomic E-state index is -0.0472. The smallest absolute Gasteiger partial charge is 0.255 e. The average Bonchev–Trinajstić information content (AvgIpc) is 3.30. The van der Waals surface area contributed by atoms with Crippen molar-refractivity contribution in [2.75, 3.05) is 6.54 Å². The van der Waals surface area contributed by atoms with Gasteiger partial charge >= 0.3 is 0 Å². The van der Waals surface area contributed by atoms with Crippen molar-refractivity contribution in [3.8, 4) is 17.1 Å². The van der Waals surface area contributed by atoms with Crippen molar-refractivity contribution in [1.82, 2.24) is 19.9 Å². The lowest BCUT2D eigenvalue weighted by molar-refractivity contribution is 0.242. The Kier molecular flexibility index (Phi) is 5.64. The predicted molar refractivity (Wildman–Crippen MR) is 137 cm³/mol. The van der Waals surface area contributed by atoms with Gasteiger partial charge in [0.1, 0.15) is 18.2 Å². The van der Waals surface area contributed by atoms with Crippen LogP contribution >= 0.6 is 0 Å². The lowest BCUT2D eigenvalue weighted by atomic mass is 10.0. The number of nitrogens with one attached hydrogen (secondary N) is 2. The van der Waals surface area contributed by atoms with Gasteiger partial charge in [0.25, 0.3) is 5.56 Å². The molecule has 1 aliphatic heterocycles. The molecule has 5 aromatic rings. The zero-order chi connectivity index (χ0) is 23.6. The first-order valence-corrected chi connectivity index (χ1v) is 11.9. The van der Waals surface area contributed by atoms with Gasteiger partial charge in [0.15, 0.2) is 0 Å². The Hall–Kier alpha value is -4.16. The first-order valence-electron chi connectivity index (χ1n) is 11.9. The second-order valence-corrected chi connectivity index (χ2v) is 8.96. The third-order valence-electron chi connectivity index (χ3n) is 6.58. The summed E-state index contributed by atoms with van der Waals surface area (Å²) in [7, 11) is 0. The van der Waals surface area contributed by atoms with Crippen LogP contribution in [0.15, 0.2) is 89.9 Å². The largest absolute Gasteiger partial charge is 0.489 e. The molecule has 6 rings (SSSR count).